The topological polar surface area (TPSA) is 49.7 Å². The molecule has 0 aromatic heterocycles. The number of hydrogen-bond acceptors (Lipinski definition) is 2. The van der Waals surface area contributed by atoms with Gasteiger partial charge in [0.2, 0.25) is 0 Å². The van der Waals surface area contributed by atoms with Crippen molar-refractivity contribution in [1.29, 1.82) is 0 Å². The van der Waals surface area contributed by atoms with Gasteiger partial charge in [0, 0.05) is 18.7 Å². The lowest BCUT2D eigenvalue weighted by Gasteiger charge is -2.29. The molecule has 0 amide bonds. The van der Waals surface area contributed by atoms with Crippen molar-refractivity contribution >= 4 is 15.9 Å². The zero-order valence-corrected chi connectivity index (χ0v) is 14.7. The summed E-state index contributed by atoms with van der Waals surface area (Å²) in [7, 11) is -3.73. The largest absolute Gasteiger partial charge is 0.355 e. The molecule has 2 aromatic carbocycles. The summed E-state index contributed by atoms with van der Waals surface area (Å²) >= 11 is 0. The van der Waals surface area contributed by atoms with Gasteiger partial charge in [0.1, 0.15) is 5.84 Å². The first-order valence-corrected chi connectivity index (χ1v) is 9.72. The smallest absolute Gasteiger partial charge is 0.284 e. The van der Waals surface area contributed by atoms with Gasteiger partial charge in [0.25, 0.3) is 10.0 Å². The molecule has 3 rings (SSSR count). The third-order valence-electron chi connectivity index (χ3n) is 4.21. The normalized spacial score (nSPS) is 16.2. The van der Waals surface area contributed by atoms with Crippen molar-refractivity contribution in [2.24, 2.45) is 4.40 Å². The number of likely N-dealkylation sites (tertiary alicyclic amines) is 1. The molecule has 0 saturated carbocycles. The third kappa shape index (κ3) is 3.85. The average Bonchev–Trinajstić information content (AvgIpc) is 2.62. The molecular weight excluding hydrogens is 320 g/mol. The number of aryl methyl sites for hydroxylation is 1. The summed E-state index contributed by atoms with van der Waals surface area (Å²) in [5, 5.41) is 0. The molecule has 126 valence electrons. The Labute approximate surface area is 143 Å². The van der Waals surface area contributed by atoms with Crippen LogP contribution in [0.1, 0.15) is 30.4 Å². The maximum absolute atomic E-state index is 12.8. The third-order valence-corrected chi connectivity index (χ3v) is 5.49. The molecular formula is C19H22N2O2S. The highest BCUT2D eigenvalue weighted by Crippen LogP contribution is 2.19. The summed E-state index contributed by atoms with van der Waals surface area (Å²) in [5.41, 5.74) is 1.87. The van der Waals surface area contributed by atoms with Gasteiger partial charge >= 0.3 is 0 Å². The Morgan fingerprint density at radius 1 is 0.917 bits per heavy atom. The first kappa shape index (κ1) is 16.7. The molecule has 2 aromatic rings. The second kappa shape index (κ2) is 7.18. The maximum Gasteiger partial charge on any atom is 0.284 e. The van der Waals surface area contributed by atoms with E-state index in [1.54, 1.807) is 24.3 Å². The number of piperidine rings is 1. The number of nitrogens with zero attached hydrogens (tertiary/aromatic N) is 2. The first-order chi connectivity index (χ1) is 11.6. The predicted molar refractivity (Wildman–Crippen MR) is 96.8 cm³/mol. The molecule has 1 aliphatic rings. The molecule has 4 nitrogen and oxygen atoms in total. The van der Waals surface area contributed by atoms with Crippen LogP contribution in [0.25, 0.3) is 0 Å². The van der Waals surface area contributed by atoms with E-state index in [4.69, 9.17) is 0 Å². The monoisotopic (exact) mass is 342 g/mol. The van der Waals surface area contributed by atoms with Crippen molar-refractivity contribution in [2.75, 3.05) is 13.1 Å². The van der Waals surface area contributed by atoms with Crippen LogP contribution in [0.2, 0.25) is 0 Å². The van der Waals surface area contributed by atoms with Crippen LogP contribution < -0.4 is 0 Å². The van der Waals surface area contributed by atoms with Gasteiger partial charge < -0.3 is 4.90 Å². The fourth-order valence-corrected chi connectivity index (χ4v) is 3.90. The molecule has 5 heteroatoms. The minimum absolute atomic E-state index is 0.235. The standard InChI is InChI=1S/C19H22N2O2S/c1-16-10-12-18(13-11-16)24(22,23)20-19(17-8-4-2-5-9-17)21-14-6-3-7-15-21/h2,4-5,8-13H,3,6-7,14-15H2,1H3/b20-19-. The van der Waals surface area contributed by atoms with E-state index in [9.17, 15) is 8.42 Å². The van der Waals surface area contributed by atoms with E-state index < -0.39 is 10.0 Å². The van der Waals surface area contributed by atoms with Crippen LogP contribution in [0.5, 0.6) is 0 Å². The first-order valence-electron chi connectivity index (χ1n) is 8.28. The molecule has 0 atom stereocenters. The van der Waals surface area contributed by atoms with Crippen LogP contribution >= 0.6 is 0 Å². The van der Waals surface area contributed by atoms with Crippen LogP contribution in [0, 0.1) is 6.92 Å². The van der Waals surface area contributed by atoms with Crippen LogP contribution in [0.4, 0.5) is 0 Å². The highest BCUT2D eigenvalue weighted by molar-refractivity contribution is 7.90. The molecule has 0 spiro atoms. The maximum atomic E-state index is 12.8. The van der Waals surface area contributed by atoms with Gasteiger partial charge in [-0.15, -0.1) is 4.40 Å². The molecule has 0 N–H and O–H groups in total. The Morgan fingerprint density at radius 2 is 1.54 bits per heavy atom. The van der Waals surface area contributed by atoms with Crippen molar-refractivity contribution < 1.29 is 8.42 Å². The van der Waals surface area contributed by atoms with Crippen LogP contribution in [-0.4, -0.2) is 32.2 Å². The van der Waals surface area contributed by atoms with Gasteiger partial charge in [0.15, 0.2) is 0 Å². The number of benzene rings is 2. The van der Waals surface area contributed by atoms with Gasteiger partial charge in [-0.3, -0.25) is 0 Å². The van der Waals surface area contributed by atoms with Crippen molar-refractivity contribution in [2.45, 2.75) is 31.1 Å². The van der Waals surface area contributed by atoms with E-state index >= 15 is 0 Å². The number of rotatable bonds is 3. The predicted octanol–water partition coefficient (Wildman–Crippen LogP) is 3.62. The second-order valence-corrected chi connectivity index (χ2v) is 7.72. The lowest BCUT2D eigenvalue weighted by atomic mass is 10.1. The molecule has 1 heterocycles. The second-order valence-electron chi connectivity index (χ2n) is 6.12. The Kier molecular flexibility index (Phi) is 5.00. The summed E-state index contributed by atoms with van der Waals surface area (Å²) in [4.78, 5) is 2.32. The molecule has 0 bridgehead atoms. The Balaban J connectivity index is 2.03. The zero-order chi connectivity index (χ0) is 17.0. The van der Waals surface area contributed by atoms with Gasteiger partial charge in [-0.2, -0.15) is 8.42 Å². The number of hydrogen-bond donors (Lipinski definition) is 0. The Morgan fingerprint density at radius 3 is 2.17 bits per heavy atom. The zero-order valence-electron chi connectivity index (χ0n) is 13.9. The van der Waals surface area contributed by atoms with E-state index in [-0.39, 0.29) is 4.90 Å². The van der Waals surface area contributed by atoms with Crippen LogP contribution in [-0.2, 0) is 10.0 Å². The molecule has 0 unspecified atom stereocenters. The minimum atomic E-state index is -3.73. The molecule has 0 radical (unpaired) electrons. The van der Waals surface area contributed by atoms with E-state index in [1.807, 2.05) is 37.3 Å². The highest BCUT2D eigenvalue weighted by atomic mass is 32.2. The summed E-state index contributed by atoms with van der Waals surface area (Å²) in [5.74, 6) is 0.552. The van der Waals surface area contributed by atoms with Crippen molar-refractivity contribution in [1.82, 2.24) is 4.90 Å². The van der Waals surface area contributed by atoms with E-state index in [0.717, 1.165) is 37.1 Å². The lowest BCUT2D eigenvalue weighted by molar-refractivity contribution is 0.343. The molecule has 1 saturated heterocycles. The quantitative estimate of drug-likeness (QED) is 0.632. The van der Waals surface area contributed by atoms with E-state index in [1.165, 1.54) is 6.42 Å². The summed E-state index contributed by atoms with van der Waals surface area (Å²) in [6, 6.07) is 16.4. The van der Waals surface area contributed by atoms with Crippen molar-refractivity contribution in [3.63, 3.8) is 0 Å². The van der Waals surface area contributed by atoms with Gasteiger partial charge in [0.05, 0.1) is 4.90 Å². The summed E-state index contributed by atoms with van der Waals surface area (Å²) in [6.45, 7) is 3.62. The van der Waals surface area contributed by atoms with E-state index in [0.29, 0.717) is 5.84 Å². The lowest BCUT2D eigenvalue weighted by Crippen LogP contribution is -2.36. The van der Waals surface area contributed by atoms with Gasteiger partial charge in [-0.05, 0) is 38.3 Å². The Hall–Kier alpha value is -2.14. The van der Waals surface area contributed by atoms with Crippen molar-refractivity contribution in [3.8, 4) is 0 Å². The summed E-state index contributed by atoms with van der Waals surface area (Å²) < 4.78 is 29.7. The SMILES string of the molecule is Cc1ccc(S(=O)(=O)/N=C(/c2ccccc2)N2CCCCC2)cc1. The number of amidine groups is 1. The van der Waals surface area contributed by atoms with Gasteiger partial charge in [-0.1, -0.05) is 48.0 Å². The minimum Gasteiger partial charge on any atom is -0.355 e. The average molecular weight is 342 g/mol. The molecule has 24 heavy (non-hydrogen) atoms. The molecule has 1 fully saturated rings. The van der Waals surface area contributed by atoms with Crippen molar-refractivity contribution in [3.05, 3.63) is 65.7 Å². The van der Waals surface area contributed by atoms with Crippen LogP contribution in [0.3, 0.4) is 0 Å². The Bertz CT molecular complexity index is 806. The van der Waals surface area contributed by atoms with Gasteiger partial charge in [-0.25, -0.2) is 0 Å². The molecule has 1 aliphatic heterocycles. The fraction of sp³-hybridized carbons (Fsp3) is 0.316. The van der Waals surface area contributed by atoms with E-state index in [2.05, 4.69) is 9.30 Å². The van der Waals surface area contributed by atoms with Crippen LogP contribution in [0.15, 0.2) is 63.9 Å². The number of sulfonamides is 1. The summed E-state index contributed by atoms with van der Waals surface area (Å²) in [6.07, 6.45) is 3.32. The fourth-order valence-electron chi connectivity index (χ4n) is 2.86. The highest BCUT2D eigenvalue weighted by Gasteiger charge is 2.21. The molecule has 0 aliphatic carbocycles.